The summed E-state index contributed by atoms with van der Waals surface area (Å²) in [5, 5.41) is 9.81. The number of aromatic nitrogens is 1. The van der Waals surface area contributed by atoms with Gasteiger partial charge in [0.1, 0.15) is 17.1 Å². The lowest BCUT2D eigenvalue weighted by Gasteiger charge is -2.32. The number of carboxylic acids is 1. The standard InChI is InChI=1S/C26H23ClN2O6/c27-19-12-17-20-13-21(30)18(26(32)33)15-29(20)25(16-6-2-1-3-7-16)35-22(17)14-23(19)34-11-5-10-28-9-4-8-24(28)31/h1-3,6-7,12-15,25H,4-5,8-11H2,(H,32,33). The van der Waals surface area contributed by atoms with Gasteiger partial charge in [-0.15, -0.1) is 0 Å². The second-order valence-corrected chi connectivity index (χ2v) is 8.90. The Kier molecular flexibility index (Phi) is 6.21. The molecule has 8 nitrogen and oxygen atoms in total. The van der Waals surface area contributed by atoms with Crippen molar-refractivity contribution in [1.82, 2.24) is 9.47 Å². The van der Waals surface area contributed by atoms with E-state index in [0.29, 0.717) is 53.8 Å². The Hall–Kier alpha value is -3.78. The molecule has 1 unspecified atom stereocenters. The van der Waals surface area contributed by atoms with Crippen molar-refractivity contribution in [3.8, 4) is 22.8 Å². The number of pyridine rings is 1. The van der Waals surface area contributed by atoms with E-state index in [1.165, 1.54) is 12.3 Å². The molecule has 0 radical (unpaired) electrons. The van der Waals surface area contributed by atoms with Crippen molar-refractivity contribution in [2.24, 2.45) is 0 Å². The van der Waals surface area contributed by atoms with Crippen LogP contribution in [0.3, 0.4) is 0 Å². The molecule has 1 N–H and O–H groups in total. The zero-order valence-electron chi connectivity index (χ0n) is 18.8. The van der Waals surface area contributed by atoms with Crippen molar-refractivity contribution < 1.29 is 24.2 Å². The molecule has 9 heteroatoms. The number of likely N-dealkylation sites (tertiary alicyclic amines) is 1. The third-order valence-electron chi connectivity index (χ3n) is 6.20. The lowest BCUT2D eigenvalue weighted by Crippen LogP contribution is -2.27. The first-order chi connectivity index (χ1) is 16.9. The second kappa shape index (κ2) is 9.46. The Morgan fingerprint density at radius 3 is 2.69 bits per heavy atom. The maximum Gasteiger partial charge on any atom is 0.341 e. The van der Waals surface area contributed by atoms with Crippen molar-refractivity contribution in [2.75, 3.05) is 19.7 Å². The number of amides is 1. The lowest BCUT2D eigenvalue weighted by atomic mass is 10.0. The van der Waals surface area contributed by atoms with Gasteiger partial charge in [-0.05, 0) is 18.9 Å². The zero-order chi connectivity index (χ0) is 24.5. The summed E-state index contributed by atoms with van der Waals surface area (Å²) in [5.41, 5.74) is 0.898. The maximum absolute atomic E-state index is 12.5. The summed E-state index contributed by atoms with van der Waals surface area (Å²) >= 11 is 6.51. The molecule has 1 aromatic heterocycles. The Morgan fingerprint density at radius 2 is 1.97 bits per heavy atom. The first-order valence-corrected chi connectivity index (χ1v) is 11.8. The monoisotopic (exact) mass is 494 g/mol. The molecule has 3 heterocycles. The molecule has 3 aromatic rings. The average molecular weight is 495 g/mol. The molecule has 0 saturated carbocycles. The fourth-order valence-corrected chi connectivity index (χ4v) is 4.68. The van der Waals surface area contributed by atoms with E-state index in [4.69, 9.17) is 21.1 Å². The van der Waals surface area contributed by atoms with Crippen molar-refractivity contribution >= 4 is 23.5 Å². The number of benzene rings is 2. The van der Waals surface area contributed by atoms with Gasteiger partial charge in [-0.25, -0.2) is 4.79 Å². The van der Waals surface area contributed by atoms with Gasteiger partial charge < -0.3 is 24.0 Å². The van der Waals surface area contributed by atoms with Crippen molar-refractivity contribution in [1.29, 1.82) is 0 Å². The summed E-state index contributed by atoms with van der Waals surface area (Å²) in [6.07, 6.45) is 2.79. The minimum absolute atomic E-state index is 0.178. The number of fused-ring (bicyclic) bond motifs is 3. The predicted molar refractivity (Wildman–Crippen MR) is 129 cm³/mol. The number of rotatable bonds is 7. The highest BCUT2D eigenvalue weighted by atomic mass is 35.5. The fraction of sp³-hybridized carbons (Fsp3) is 0.269. The van der Waals surface area contributed by atoms with Crippen LogP contribution >= 0.6 is 11.6 Å². The molecule has 1 atom stereocenters. The van der Waals surface area contributed by atoms with Crippen LogP contribution in [-0.2, 0) is 4.79 Å². The number of carbonyl (C=O) groups is 2. The molecule has 1 fully saturated rings. The number of hydrogen-bond donors (Lipinski definition) is 1. The van der Waals surface area contributed by atoms with Crippen LogP contribution in [0.4, 0.5) is 0 Å². The second-order valence-electron chi connectivity index (χ2n) is 8.50. The Bertz CT molecular complexity index is 1350. The van der Waals surface area contributed by atoms with E-state index in [-0.39, 0.29) is 11.5 Å². The zero-order valence-corrected chi connectivity index (χ0v) is 19.5. The van der Waals surface area contributed by atoms with E-state index in [1.54, 1.807) is 16.7 Å². The molecule has 2 aliphatic heterocycles. The van der Waals surface area contributed by atoms with Crippen LogP contribution in [0.1, 0.15) is 41.4 Å². The van der Waals surface area contributed by atoms with E-state index in [9.17, 15) is 19.5 Å². The number of aromatic carboxylic acids is 1. The van der Waals surface area contributed by atoms with Crippen LogP contribution in [0.2, 0.25) is 5.02 Å². The minimum Gasteiger partial charge on any atom is -0.492 e. The average Bonchev–Trinajstić information content (AvgIpc) is 3.26. The smallest absolute Gasteiger partial charge is 0.341 e. The molecule has 0 bridgehead atoms. The lowest BCUT2D eigenvalue weighted by molar-refractivity contribution is -0.127. The first-order valence-electron chi connectivity index (χ1n) is 11.4. The van der Waals surface area contributed by atoms with Crippen LogP contribution in [0.15, 0.2) is 59.5 Å². The molecule has 2 aliphatic rings. The Labute approximate surface area is 206 Å². The van der Waals surface area contributed by atoms with E-state index in [0.717, 1.165) is 18.5 Å². The van der Waals surface area contributed by atoms with Gasteiger partial charge in [0.2, 0.25) is 12.1 Å². The van der Waals surface area contributed by atoms with Crippen LogP contribution in [-0.4, -0.2) is 46.1 Å². The van der Waals surface area contributed by atoms with Crippen molar-refractivity contribution in [3.05, 3.63) is 81.1 Å². The molecule has 180 valence electrons. The van der Waals surface area contributed by atoms with E-state index >= 15 is 0 Å². The normalized spacial score (nSPS) is 16.4. The highest BCUT2D eigenvalue weighted by molar-refractivity contribution is 6.32. The molecule has 5 rings (SSSR count). The van der Waals surface area contributed by atoms with Gasteiger partial charge >= 0.3 is 5.97 Å². The largest absolute Gasteiger partial charge is 0.492 e. The minimum atomic E-state index is -1.31. The fourth-order valence-electron chi connectivity index (χ4n) is 4.46. The predicted octanol–water partition coefficient (Wildman–Crippen LogP) is 4.20. The van der Waals surface area contributed by atoms with Gasteiger partial charge in [-0.2, -0.15) is 0 Å². The van der Waals surface area contributed by atoms with Gasteiger partial charge in [0, 0.05) is 49.0 Å². The highest BCUT2D eigenvalue weighted by Gasteiger charge is 2.29. The molecule has 0 spiro atoms. The summed E-state index contributed by atoms with van der Waals surface area (Å²) in [5.74, 6) is -0.226. The van der Waals surface area contributed by atoms with Crippen LogP contribution in [0.25, 0.3) is 11.3 Å². The van der Waals surface area contributed by atoms with Gasteiger partial charge in [0.25, 0.3) is 0 Å². The number of ether oxygens (including phenoxy) is 2. The Balaban J connectivity index is 1.46. The van der Waals surface area contributed by atoms with Gasteiger partial charge in [0.15, 0.2) is 5.43 Å². The molecule has 2 aromatic carbocycles. The molecular weight excluding hydrogens is 472 g/mol. The number of hydrogen-bond acceptors (Lipinski definition) is 5. The molecule has 0 aliphatic carbocycles. The Morgan fingerprint density at radius 1 is 1.17 bits per heavy atom. The van der Waals surface area contributed by atoms with Crippen LogP contribution in [0, 0.1) is 0 Å². The van der Waals surface area contributed by atoms with Gasteiger partial charge in [0.05, 0.1) is 17.3 Å². The van der Waals surface area contributed by atoms with E-state index in [2.05, 4.69) is 0 Å². The van der Waals surface area contributed by atoms with Crippen LogP contribution in [0.5, 0.6) is 11.5 Å². The quantitative estimate of drug-likeness (QED) is 0.494. The van der Waals surface area contributed by atoms with Crippen LogP contribution < -0.4 is 14.9 Å². The van der Waals surface area contributed by atoms with Gasteiger partial charge in [-0.1, -0.05) is 41.9 Å². The number of halogens is 1. The number of nitrogens with zero attached hydrogens (tertiary/aromatic N) is 2. The number of carbonyl (C=O) groups excluding carboxylic acids is 1. The van der Waals surface area contributed by atoms with Gasteiger partial charge in [-0.3, -0.25) is 9.59 Å². The first kappa shape index (κ1) is 23.0. The molecular formula is C26H23ClN2O6. The highest BCUT2D eigenvalue weighted by Crippen LogP contribution is 2.44. The van der Waals surface area contributed by atoms with E-state index < -0.39 is 17.6 Å². The summed E-state index contributed by atoms with van der Waals surface area (Å²) in [7, 11) is 0. The molecule has 1 saturated heterocycles. The number of carboxylic acid groups (broad SMARTS) is 1. The summed E-state index contributed by atoms with van der Waals surface area (Å²) < 4.78 is 13.8. The summed E-state index contributed by atoms with van der Waals surface area (Å²) in [6.45, 7) is 1.80. The summed E-state index contributed by atoms with van der Waals surface area (Å²) in [6, 6.07) is 14.0. The third-order valence-corrected chi connectivity index (χ3v) is 6.49. The third kappa shape index (κ3) is 4.49. The topological polar surface area (TPSA) is 98.1 Å². The van der Waals surface area contributed by atoms with E-state index in [1.807, 2.05) is 35.2 Å². The summed E-state index contributed by atoms with van der Waals surface area (Å²) in [4.78, 5) is 37.7. The van der Waals surface area contributed by atoms with Crippen molar-refractivity contribution in [3.63, 3.8) is 0 Å². The van der Waals surface area contributed by atoms with Crippen molar-refractivity contribution in [2.45, 2.75) is 25.5 Å². The molecule has 35 heavy (non-hydrogen) atoms. The SMILES string of the molecule is O=C(O)c1cn2c(cc1=O)-c1cc(Cl)c(OCCCN3CCCC3=O)cc1OC2c1ccccc1. The maximum atomic E-state index is 12.5. The molecule has 1 amide bonds.